The van der Waals surface area contributed by atoms with Crippen LogP contribution < -0.4 is 0 Å². The Labute approximate surface area is 171 Å². The molecule has 1 heterocycles. The molecular formula is C21H22BrFN2O3. The highest BCUT2D eigenvalue weighted by molar-refractivity contribution is 9.10. The summed E-state index contributed by atoms with van der Waals surface area (Å²) in [4.78, 5) is 27.7. The van der Waals surface area contributed by atoms with Crippen LogP contribution in [0.5, 0.6) is 0 Å². The predicted octanol–water partition coefficient (Wildman–Crippen LogP) is 3.95. The Kier molecular flexibility index (Phi) is 6.80. The zero-order valence-electron chi connectivity index (χ0n) is 15.4. The smallest absolute Gasteiger partial charge is 0.303 e. The van der Waals surface area contributed by atoms with E-state index in [1.165, 1.54) is 12.1 Å². The van der Waals surface area contributed by atoms with E-state index in [4.69, 9.17) is 5.11 Å². The summed E-state index contributed by atoms with van der Waals surface area (Å²) in [6.45, 7) is 2.42. The van der Waals surface area contributed by atoms with Crippen LogP contribution >= 0.6 is 15.9 Å². The molecular weight excluding hydrogens is 427 g/mol. The normalized spacial score (nSPS) is 16.0. The number of carbonyl (C=O) groups excluding carboxylic acids is 1. The van der Waals surface area contributed by atoms with Gasteiger partial charge < -0.3 is 10.0 Å². The number of hydrogen-bond acceptors (Lipinski definition) is 3. The molecule has 0 bridgehead atoms. The molecule has 1 saturated heterocycles. The molecule has 1 fully saturated rings. The van der Waals surface area contributed by atoms with Crippen molar-refractivity contribution >= 4 is 27.8 Å². The molecule has 1 aliphatic heterocycles. The second-order valence-corrected chi connectivity index (χ2v) is 7.75. The summed E-state index contributed by atoms with van der Waals surface area (Å²) in [6, 6.07) is 13.4. The fraction of sp³-hybridized carbons (Fsp3) is 0.333. The molecule has 2 aromatic carbocycles. The number of carbonyl (C=O) groups is 2. The molecule has 1 aliphatic rings. The number of halogens is 2. The number of benzene rings is 2. The van der Waals surface area contributed by atoms with Crippen LogP contribution in [-0.4, -0.2) is 53.0 Å². The highest BCUT2D eigenvalue weighted by Crippen LogP contribution is 2.27. The molecule has 0 radical (unpaired) electrons. The highest BCUT2D eigenvalue weighted by atomic mass is 79.9. The molecule has 2 aromatic rings. The number of piperazine rings is 1. The summed E-state index contributed by atoms with van der Waals surface area (Å²) >= 11 is 3.37. The zero-order chi connectivity index (χ0) is 20.1. The Morgan fingerprint density at radius 3 is 2.18 bits per heavy atom. The largest absolute Gasteiger partial charge is 0.481 e. The van der Waals surface area contributed by atoms with E-state index in [2.05, 4.69) is 20.8 Å². The Morgan fingerprint density at radius 2 is 1.61 bits per heavy atom. The number of carboxylic acids is 1. The summed E-state index contributed by atoms with van der Waals surface area (Å²) in [6.07, 6.45) is 0.488. The second-order valence-electron chi connectivity index (χ2n) is 6.83. The van der Waals surface area contributed by atoms with Crippen molar-refractivity contribution in [3.8, 4) is 0 Å². The molecule has 0 aromatic heterocycles. The van der Waals surface area contributed by atoms with Crippen molar-refractivity contribution in [2.24, 2.45) is 0 Å². The van der Waals surface area contributed by atoms with Gasteiger partial charge in [0.1, 0.15) is 5.82 Å². The lowest BCUT2D eigenvalue weighted by Crippen LogP contribution is -2.49. The van der Waals surface area contributed by atoms with E-state index < -0.39 is 5.97 Å². The minimum Gasteiger partial charge on any atom is -0.481 e. The third-order valence-corrected chi connectivity index (χ3v) is 5.55. The van der Waals surface area contributed by atoms with E-state index in [0.29, 0.717) is 38.2 Å². The van der Waals surface area contributed by atoms with Gasteiger partial charge in [-0.15, -0.1) is 0 Å². The van der Waals surface area contributed by atoms with Crippen molar-refractivity contribution in [2.75, 3.05) is 26.2 Å². The molecule has 0 unspecified atom stereocenters. The number of aliphatic carboxylic acids is 1. The minimum atomic E-state index is -0.851. The third kappa shape index (κ3) is 5.17. The number of carboxylic acid groups (broad SMARTS) is 1. The topological polar surface area (TPSA) is 60.9 Å². The molecule has 5 nitrogen and oxygen atoms in total. The number of rotatable bonds is 6. The fourth-order valence-corrected chi connectivity index (χ4v) is 3.78. The Balaban J connectivity index is 1.67. The molecule has 1 amide bonds. The van der Waals surface area contributed by atoms with Crippen LogP contribution in [0.2, 0.25) is 0 Å². The lowest BCUT2D eigenvalue weighted by molar-refractivity contribution is -0.137. The van der Waals surface area contributed by atoms with Gasteiger partial charge in [-0.05, 0) is 48.4 Å². The van der Waals surface area contributed by atoms with Gasteiger partial charge in [0, 0.05) is 48.7 Å². The van der Waals surface area contributed by atoms with Crippen LogP contribution in [0.15, 0.2) is 53.0 Å². The van der Waals surface area contributed by atoms with Gasteiger partial charge in [0.2, 0.25) is 0 Å². The van der Waals surface area contributed by atoms with Gasteiger partial charge in [0.05, 0.1) is 0 Å². The third-order valence-electron chi connectivity index (χ3n) is 5.02. The van der Waals surface area contributed by atoms with Gasteiger partial charge in [-0.1, -0.05) is 28.1 Å². The van der Waals surface area contributed by atoms with Crippen molar-refractivity contribution in [3.05, 3.63) is 69.9 Å². The molecule has 1 atom stereocenters. The molecule has 148 valence electrons. The standard InChI is InChI=1S/C21H22BrFN2O3/c22-17-5-1-16(2-6-17)21(28)25-13-11-24(12-14-25)19(9-10-20(26)27)15-3-7-18(23)8-4-15/h1-8,19H,9-14H2,(H,26,27)/t19-/m0/s1. The monoisotopic (exact) mass is 448 g/mol. The van der Waals surface area contributed by atoms with Crippen LogP contribution in [0.4, 0.5) is 4.39 Å². The Hall–Kier alpha value is -2.25. The van der Waals surface area contributed by atoms with Crippen LogP contribution in [0, 0.1) is 5.82 Å². The number of hydrogen-bond donors (Lipinski definition) is 1. The summed E-state index contributed by atoms with van der Waals surface area (Å²) < 4.78 is 14.2. The SMILES string of the molecule is O=C(O)CC[C@@H](c1ccc(F)cc1)N1CCN(C(=O)c2ccc(Br)cc2)CC1. The zero-order valence-corrected chi connectivity index (χ0v) is 16.9. The maximum absolute atomic E-state index is 13.3. The predicted molar refractivity (Wildman–Crippen MR) is 108 cm³/mol. The van der Waals surface area contributed by atoms with E-state index in [1.807, 2.05) is 17.0 Å². The number of amides is 1. The van der Waals surface area contributed by atoms with Gasteiger partial charge >= 0.3 is 5.97 Å². The highest BCUT2D eigenvalue weighted by Gasteiger charge is 2.28. The molecule has 28 heavy (non-hydrogen) atoms. The van der Waals surface area contributed by atoms with Crippen molar-refractivity contribution in [2.45, 2.75) is 18.9 Å². The van der Waals surface area contributed by atoms with Crippen LogP contribution in [0.25, 0.3) is 0 Å². The van der Waals surface area contributed by atoms with Gasteiger partial charge in [-0.3, -0.25) is 14.5 Å². The first-order valence-electron chi connectivity index (χ1n) is 9.20. The number of nitrogens with zero attached hydrogens (tertiary/aromatic N) is 2. The summed E-state index contributed by atoms with van der Waals surface area (Å²) in [5, 5.41) is 9.08. The first kappa shape index (κ1) is 20.5. The van der Waals surface area contributed by atoms with Gasteiger partial charge in [-0.2, -0.15) is 0 Å². The maximum Gasteiger partial charge on any atom is 0.303 e. The van der Waals surface area contributed by atoms with E-state index in [-0.39, 0.29) is 24.2 Å². The molecule has 7 heteroatoms. The molecule has 0 saturated carbocycles. The summed E-state index contributed by atoms with van der Waals surface area (Å²) in [5.74, 6) is -1.17. The molecule has 3 rings (SSSR count). The molecule has 0 aliphatic carbocycles. The average molecular weight is 449 g/mol. The summed E-state index contributed by atoms with van der Waals surface area (Å²) in [7, 11) is 0. The Morgan fingerprint density at radius 1 is 1.00 bits per heavy atom. The van der Waals surface area contributed by atoms with Crippen LogP contribution in [0.3, 0.4) is 0 Å². The van der Waals surface area contributed by atoms with Crippen molar-refractivity contribution in [3.63, 3.8) is 0 Å². The van der Waals surface area contributed by atoms with Crippen LogP contribution in [-0.2, 0) is 4.79 Å². The van der Waals surface area contributed by atoms with Crippen molar-refractivity contribution < 1.29 is 19.1 Å². The summed E-state index contributed by atoms with van der Waals surface area (Å²) in [5.41, 5.74) is 1.55. The van der Waals surface area contributed by atoms with E-state index in [9.17, 15) is 14.0 Å². The van der Waals surface area contributed by atoms with Gasteiger partial charge in [0.15, 0.2) is 0 Å². The van der Waals surface area contributed by atoms with Gasteiger partial charge in [0.25, 0.3) is 5.91 Å². The lowest BCUT2D eigenvalue weighted by atomic mass is 9.99. The van der Waals surface area contributed by atoms with E-state index in [1.54, 1.807) is 24.3 Å². The quantitative estimate of drug-likeness (QED) is 0.726. The molecule has 0 spiro atoms. The molecule has 1 N–H and O–H groups in total. The Bertz CT molecular complexity index is 819. The minimum absolute atomic E-state index is 0.00369. The lowest BCUT2D eigenvalue weighted by Gasteiger charge is -2.39. The van der Waals surface area contributed by atoms with Crippen molar-refractivity contribution in [1.82, 2.24) is 9.80 Å². The first-order chi connectivity index (χ1) is 13.4. The van der Waals surface area contributed by atoms with Crippen molar-refractivity contribution in [1.29, 1.82) is 0 Å². The van der Waals surface area contributed by atoms with E-state index >= 15 is 0 Å². The van der Waals surface area contributed by atoms with Gasteiger partial charge in [-0.25, -0.2) is 4.39 Å². The maximum atomic E-state index is 13.3. The fourth-order valence-electron chi connectivity index (χ4n) is 3.52. The first-order valence-corrected chi connectivity index (χ1v) is 9.99. The average Bonchev–Trinajstić information content (AvgIpc) is 2.70. The van der Waals surface area contributed by atoms with E-state index in [0.717, 1.165) is 10.0 Å². The second kappa shape index (κ2) is 9.30. The van der Waals surface area contributed by atoms with Crippen LogP contribution in [0.1, 0.15) is 34.8 Å².